The van der Waals surface area contributed by atoms with Gasteiger partial charge in [0.25, 0.3) is 0 Å². The number of hydrogen-bond donors (Lipinski definition) is 1. The van der Waals surface area contributed by atoms with Gasteiger partial charge in [0.15, 0.2) is 5.78 Å². The molecule has 0 aliphatic rings. The van der Waals surface area contributed by atoms with Gasteiger partial charge in [-0.05, 0) is 13.8 Å². The number of carbonyl (C=O) groups excluding carboxylic acids is 2. The van der Waals surface area contributed by atoms with Crippen LogP contribution >= 0.6 is 0 Å². The number of Topliss-reactive ketones (excluding diaryl/α,β-unsaturated/α-hetero) is 2. The topological polar surface area (TPSA) is 71.4 Å². The van der Waals surface area contributed by atoms with Crippen LogP contribution < -0.4 is 0 Å². The molecule has 0 aromatic rings. The van der Waals surface area contributed by atoms with Crippen LogP contribution in [0.15, 0.2) is 0 Å². The van der Waals surface area contributed by atoms with Gasteiger partial charge in [-0.15, -0.1) is 0 Å². The van der Waals surface area contributed by atoms with Gasteiger partial charge in [-0.3, -0.25) is 14.4 Å². The van der Waals surface area contributed by atoms with Gasteiger partial charge in [0.2, 0.25) is 0 Å². The summed E-state index contributed by atoms with van der Waals surface area (Å²) in [6, 6.07) is 0. The molecule has 97 valence electrons. The molecule has 16 heavy (non-hydrogen) atoms. The molecule has 0 bridgehead atoms. The summed E-state index contributed by atoms with van der Waals surface area (Å²) in [5.41, 5.74) is -2.09. The Balaban J connectivity index is 0. The maximum Gasteiger partial charge on any atom is 0.316 e. The van der Waals surface area contributed by atoms with E-state index in [9.17, 15) is 14.4 Å². The molecule has 5 heteroatoms. The van der Waals surface area contributed by atoms with E-state index < -0.39 is 22.6 Å². The molecule has 1 N–H and O–H groups in total. The summed E-state index contributed by atoms with van der Waals surface area (Å²) in [5, 5.41) is 8.80. The van der Waals surface area contributed by atoms with Gasteiger partial charge in [-0.25, -0.2) is 0 Å². The number of carboxylic acid groups (broad SMARTS) is 1. The zero-order valence-corrected chi connectivity index (χ0v) is 11.1. The van der Waals surface area contributed by atoms with Crippen molar-refractivity contribution in [1.29, 1.82) is 0 Å². The molecule has 1 radical (unpaired) electrons. The van der Waals surface area contributed by atoms with Crippen LogP contribution in [0.4, 0.5) is 0 Å². The molecule has 0 aliphatic carbocycles. The first-order valence-corrected chi connectivity index (χ1v) is 4.79. The van der Waals surface area contributed by atoms with Crippen LogP contribution in [-0.2, 0) is 31.5 Å². The molecule has 0 fully saturated rings. The van der Waals surface area contributed by atoms with E-state index in [2.05, 4.69) is 0 Å². The summed E-state index contributed by atoms with van der Waals surface area (Å²) < 4.78 is 0. The summed E-state index contributed by atoms with van der Waals surface area (Å²) in [7, 11) is 0. The van der Waals surface area contributed by atoms with Gasteiger partial charge < -0.3 is 5.11 Å². The second-order valence-corrected chi connectivity index (χ2v) is 5.20. The average Bonchev–Trinajstić information content (AvgIpc) is 2.01. The van der Waals surface area contributed by atoms with Crippen LogP contribution in [-0.4, -0.2) is 22.6 Å². The van der Waals surface area contributed by atoms with Gasteiger partial charge in [0.05, 0.1) is 6.42 Å². The molecule has 0 atom stereocenters. The second kappa shape index (κ2) is 5.60. The van der Waals surface area contributed by atoms with E-state index in [1.807, 2.05) is 0 Å². The van der Waals surface area contributed by atoms with E-state index in [0.717, 1.165) is 0 Å². The number of carboxylic acids is 1. The molecule has 0 aliphatic heterocycles. The van der Waals surface area contributed by atoms with E-state index in [-0.39, 0.29) is 29.3 Å². The van der Waals surface area contributed by atoms with Gasteiger partial charge >= 0.3 is 5.97 Å². The van der Waals surface area contributed by atoms with E-state index >= 15 is 0 Å². The minimum atomic E-state index is -1.49. The Morgan fingerprint density at radius 2 is 1.31 bits per heavy atom. The minimum absolute atomic E-state index is 0. The Hall–Kier alpha value is -0.671. The summed E-state index contributed by atoms with van der Waals surface area (Å²) in [6.45, 7) is 7.74. The van der Waals surface area contributed by atoms with Gasteiger partial charge in [0, 0.05) is 22.5 Å². The number of ketones is 2. The summed E-state index contributed by atoms with van der Waals surface area (Å²) >= 11 is 0. The van der Waals surface area contributed by atoms with Crippen molar-refractivity contribution in [3.8, 4) is 0 Å². The quantitative estimate of drug-likeness (QED) is 0.627. The Morgan fingerprint density at radius 3 is 1.56 bits per heavy atom. The molecule has 0 saturated carbocycles. The Kier molecular flexibility index (Phi) is 6.20. The fraction of sp³-hybridized carbons (Fsp3) is 0.727. The fourth-order valence-corrected chi connectivity index (χ4v) is 0.751. The Labute approximate surface area is 106 Å². The summed E-state index contributed by atoms with van der Waals surface area (Å²) in [4.78, 5) is 33.9. The van der Waals surface area contributed by atoms with Crippen LogP contribution in [0, 0.1) is 10.8 Å². The predicted octanol–water partition coefficient (Wildman–Crippen LogP) is 1.67. The van der Waals surface area contributed by atoms with Crippen LogP contribution in [0.3, 0.4) is 0 Å². The molecular weight excluding hydrogens is 260 g/mol. The van der Waals surface area contributed by atoms with Crippen molar-refractivity contribution in [2.24, 2.45) is 10.8 Å². The first kappa shape index (κ1) is 17.7. The first-order valence-electron chi connectivity index (χ1n) is 4.79. The number of rotatable bonds is 4. The molecule has 0 heterocycles. The maximum atomic E-state index is 11.6. The number of carbonyl (C=O) groups is 3. The third-order valence-corrected chi connectivity index (χ3v) is 2.39. The SMILES string of the molecule is CC(C)(C)C(=O)CC(=O)C(C)(C)C(=O)O.[Cu]. The maximum absolute atomic E-state index is 11.6. The van der Waals surface area contributed by atoms with Crippen LogP contribution in [0.1, 0.15) is 41.0 Å². The average molecular weight is 278 g/mol. The summed E-state index contributed by atoms with van der Waals surface area (Å²) in [5.74, 6) is -1.98. The largest absolute Gasteiger partial charge is 0.481 e. The monoisotopic (exact) mass is 277 g/mol. The number of aliphatic carboxylic acids is 1. The molecule has 0 saturated heterocycles. The zero-order chi connectivity index (χ0) is 12.4. The molecule has 0 aromatic carbocycles. The normalized spacial score (nSPS) is 11.6. The Morgan fingerprint density at radius 1 is 0.938 bits per heavy atom. The van der Waals surface area contributed by atoms with Crippen molar-refractivity contribution < 1.29 is 36.6 Å². The molecular formula is C11H18CuO4. The van der Waals surface area contributed by atoms with Gasteiger partial charge in [-0.2, -0.15) is 0 Å². The van der Waals surface area contributed by atoms with Crippen molar-refractivity contribution in [3.63, 3.8) is 0 Å². The zero-order valence-electron chi connectivity index (χ0n) is 10.2. The number of hydrogen-bond acceptors (Lipinski definition) is 3. The molecule has 0 aromatic heterocycles. The van der Waals surface area contributed by atoms with Crippen molar-refractivity contribution in [1.82, 2.24) is 0 Å². The third-order valence-electron chi connectivity index (χ3n) is 2.39. The van der Waals surface area contributed by atoms with Gasteiger partial charge in [-0.1, -0.05) is 20.8 Å². The third kappa shape index (κ3) is 4.45. The van der Waals surface area contributed by atoms with Crippen molar-refractivity contribution >= 4 is 17.5 Å². The van der Waals surface area contributed by atoms with Crippen molar-refractivity contribution in [2.45, 2.75) is 41.0 Å². The van der Waals surface area contributed by atoms with Crippen LogP contribution in [0.2, 0.25) is 0 Å². The fourth-order valence-electron chi connectivity index (χ4n) is 0.751. The molecule has 0 rings (SSSR count). The predicted molar refractivity (Wildman–Crippen MR) is 55.5 cm³/mol. The van der Waals surface area contributed by atoms with Crippen LogP contribution in [0.5, 0.6) is 0 Å². The van der Waals surface area contributed by atoms with Crippen molar-refractivity contribution in [2.75, 3.05) is 0 Å². The standard InChI is InChI=1S/C11H18O4.Cu/c1-10(2,3)7(12)6-8(13)11(4,5)9(14)15;/h6H2,1-5H3,(H,14,15);. The van der Waals surface area contributed by atoms with E-state index in [4.69, 9.17) is 5.11 Å². The molecule has 4 nitrogen and oxygen atoms in total. The van der Waals surface area contributed by atoms with Crippen LogP contribution in [0.25, 0.3) is 0 Å². The van der Waals surface area contributed by atoms with Crippen molar-refractivity contribution in [3.05, 3.63) is 0 Å². The first-order chi connectivity index (χ1) is 6.49. The van der Waals surface area contributed by atoms with E-state index in [1.165, 1.54) is 13.8 Å². The van der Waals surface area contributed by atoms with E-state index in [1.54, 1.807) is 20.8 Å². The van der Waals surface area contributed by atoms with Gasteiger partial charge in [0.1, 0.15) is 11.2 Å². The second-order valence-electron chi connectivity index (χ2n) is 5.20. The Bertz CT molecular complexity index is 300. The summed E-state index contributed by atoms with van der Waals surface area (Å²) in [6.07, 6.45) is -0.317. The molecule has 0 spiro atoms. The molecule has 0 amide bonds. The smallest absolute Gasteiger partial charge is 0.316 e. The molecule has 0 unspecified atom stereocenters. The van der Waals surface area contributed by atoms with E-state index in [0.29, 0.717) is 0 Å². The minimum Gasteiger partial charge on any atom is -0.481 e.